The third kappa shape index (κ3) is 1.20. The van der Waals surface area contributed by atoms with Crippen LogP contribution in [0.3, 0.4) is 0 Å². The molecule has 2 heterocycles. The standard InChI is InChI=1S/C11H9N3O3/c1-5-2-10-12-13-11(17)14(10)7-4-9(16)8(15)3-6(5)7/h2-4,15-16H,1H3,(H,13,17). The van der Waals surface area contributed by atoms with Gasteiger partial charge in [0, 0.05) is 11.5 Å². The minimum absolute atomic E-state index is 0.212. The molecule has 3 rings (SSSR count). The van der Waals surface area contributed by atoms with Gasteiger partial charge >= 0.3 is 5.69 Å². The van der Waals surface area contributed by atoms with Gasteiger partial charge in [0.25, 0.3) is 0 Å². The summed E-state index contributed by atoms with van der Waals surface area (Å²) in [4.78, 5) is 11.6. The Morgan fingerprint density at radius 2 is 1.94 bits per heavy atom. The molecule has 0 radical (unpaired) electrons. The Morgan fingerprint density at radius 3 is 2.71 bits per heavy atom. The molecule has 17 heavy (non-hydrogen) atoms. The van der Waals surface area contributed by atoms with Crippen LogP contribution in [0, 0.1) is 6.92 Å². The van der Waals surface area contributed by atoms with E-state index in [-0.39, 0.29) is 17.2 Å². The van der Waals surface area contributed by atoms with Gasteiger partial charge in [0.15, 0.2) is 17.1 Å². The molecule has 1 aromatic carbocycles. The van der Waals surface area contributed by atoms with Crippen LogP contribution in [0.1, 0.15) is 5.56 Å². The summed E-state index contributed by atoms with van der Waals surface area (Å²) in [6.07, 6.45) is 0. The Bertz CT molecular complexity index is 801. The number of benzene rings is 1. The van der Waals surface area contributed by atoms with Crippen molar-refractivity contribution >= 4 is 16.6 Å². The predicted octanol–water partition coefficient (Wildman–Crippen LogP) is 0.895. The van der Waals surface area contributed by atoms with Crippen LogP contribution >= 0.6 is 0 Å². The van der Waals surface area contributed by atoms with Crippen LogP contribution in [-0.4, -0.2) is 24.8 Å². The highest BCUT2D eigenvalue weighted by molar-refractivity contribution is 5.88. The molecule has 0 fully saturated rings. The van der Waals surface area contributed by atoms with E-state index in [2.05, 4.69) is 10.2 Å². The fourth-order valence-electron chi connectivity index (χ4n) is 1.98. The number of pyridine rings is 1. The van der Waals surface area contributed by atoms with Gasteiger partial charge in [-0.3, -0.25) is 0 Å². The molecule has 0 saturated heterocycles. The van der Waals surface area contributed by atoms with Crippen molar-refractivity contribution in [2.75, 3.05) is 0 Å². The quantitative estimate of drug-likeness (QED) is 0.501. The largest absolute Gasteiger partial charge is 0.504 e. The molecule has 6 nitrogen and oxygen atoms in total. The number of nitrogens with zero attached hydrogens (tertiary/aromatic N) is 2. The van der Waals surface area contributed by atoms with Crippen LogP contribution in [0.15, 0.2) is 23.0 Å². The maximum Gasteiger partial charge on any atom is 0.348 e. The summed E-state index contributed by atoms with van der Waals surface area (Å²) in [6, 6.07) is 4.51. The number of hydrogen-bond acceptors (Lipinski definition) is 4. The molecule has 86 valence electrons. The van der Waals surface area contributed by atoms with Gasteiger partial charge in [0.2, 0.25) is 0 Å². The Kier molecular flexibility index (Phi) is 1.72. The number of aromatic hydroxyl groups is 2. The van der Waals surface area contributed by atoms with E-state index in [9.17, 15) is 15.0 Å². The van der Waals surface area contributed by atoms with Crippen molar-refractivity contribution in [1.82, 2.24) is 14.6 Å². The molecule has 3 aromatic rings. The Morgan fingerprint density at radius 1 is 1.24 bits per heavy atom. The molecule has 0 spiro atoms. The summed E-state index contributed by atoms with van der Waals surface area (Å²) in [6.45, 7) is 1.85. The number of rotatable bonds is 0. The van der Waals surface area contributed by atoms with Gasteiger partial charge < -0.3 is 10.2 Å². The van der Waals surface area contributed by atoms with E-state index in [1.807, 2.05) is 6.92 Å². The van der Waals surface area contributed by atoms with E-state index >= 15 is 0 Å². The molecule has 2 aromatic heterocycles. The lowest BCUT2D eigenvalue weighted by Crippen LogP contribution is -2.10. The van der Waals surface area contributed by atoms with E-state index in [1.54, 1.807) is 6.07 Å². The van der Waals surface area contributed by atoms with Gasteiger partial charge in [-0.25, -0.2) is 14.3 Å². The first kappa shape index (κ1) is 9.71. The second-order valence-electron chi connectivity index (χ2n) is 3.91. The van der Waals surface area contributed by atoms with E-state index in [0.29, 0.717) is 16.6 Å². The van der Waals surface area contributed by atoms with E-state index in [1.165, 1.54) is 16.5 Å². The second kappa shape index (κ2) is 3.00. The normalized spacial score (nSPS) is 11.4. The molecular formula is C11H9N3O3. The average Bonchev–Trinajstić information content (AvgIpc) is 2.63. The van der Waals surface area contributed by atoms with E-state index < -0.39 is 0 Å². The van der Waals surface area contributed by atoms with Gasteiger partial charge in [-0.2, -0.15) is 5.10 Å². The van der Waals surface area contributed by atoms with Crippen molar-refractivity contribution in [3.05, 3.63) is 34.2 Å². The lowest BCUT2D eigenvalue weighted by atomic mass is 10.1. The molecule has 6 heteroatoms. The first-order valence-electron chi connectivity index (χ1n) is 5.00. The molecular weight excluding hydrogens is 222 g/mol. The van der Waals surface area contributed by atoms with Gasteiger partial charge in [-0.1, -0.05) is 0 Å². The van der Waals surface area contributed by atoms with Crippen molar-refractivity contribution in [2.45, 2.75) is 6.92 Å². The van der Waals surface area contributed by atoms with Gasteiger partial charge in [0.1, 0.15) is 0 Å². The lowest BCUT2D eigenvalue weighted by molar-refractivity contribution is 0.404. The van der Waals surface area contributed by atoms with Crippen LogP contribution in [0.25, 0.3) is 16.6 Å². The summed E-state index contributed by atoms with van der Waals surface area (Å²) in [5.74, 6) is -0.478. The van der Waals surface area contributed by atoms with Gasteiger partial charge in [0.05, 0.1) is 5.52 Å². The van der Waals surface area contributed by atoms with E-state index in [0.717, 1.165) is 5.56 Å². The van der Waals surface area contributed by atoms with Crippen LogP contribution in [0.2, 0.25) is 0 Å². The van der Waals surface area contributed by atoms with Crippen molar-refractivity contribution in [3.63, 3.8) is 0 Å². The topological polar surface area (TPSA) is 90.6 Å². The lowest BCUT2D eigenvalue weighted by Gasteiger charge is -2.06. The molecule has 0 bridgehead atoms. The molecule has 0 aliphatic heterocycles. The number of aromatic nitrogens is 3. The summed E-state index contributed by atoms with van der Waals surface area (Å²) in [5, 5.41) is 25.9. The SMILES string of the molecule is Cc1cc2n[nH]c(=O)n2c2cc(O)c(O)cc12. The van der Waals surface area contributed by atoms with E-state index in [4.69, 9.17) is 0 Å². The summed E-state index contributed by atoms with van der Waals surface area (Å²) in [7, 11) is 0. The van der Waals surface area contributed by atoms with Crippen LogP contribution in [0.4, 0.5) is 0 Å². The van der Waals surface area contributed by atoms with Crippen molar-refractivity contribution in [3.8, 4) is 11.5 Å². The molecule has 0 aliphatic rings. The Hall–Kier alpha value is -2.50. The molecule has 0 atom stereocenters. The molecule has 0 saturated carbocycles. The summed E-state index contributed by atoms with van der Waals surface area (Å²) >= 11 is 0. The molecule has 0 aliphatic carbocycles. The van der Waals surface area contributed by atoms with Crippen molar-refractivity contribution in [1.29, 1.82) is 0 Å². The minimum Gasteiger partial charge on any atom is -0.504 e. The zero-order chi connectivity index (χ0) is 12.2. The molecule has 3 N–H and O–H groups in total. The predicted molar refractivity (Wildman–Crippen MR) is 61.4 cm³/mol. The number of aryl methyl sites for hydroxylation is 1. The number of hydrogen-bond donors (Lipinski definition) is 3. The molecule has 0 amide bonds. The summed E-state index contributed by atoms with van der Waals surface area (Å²) < 4.78 is 1.35. The highest BCUT2D eigenvalue weighted by Crippen LogP contribution is 2.31. The number of phenolic OH excluding ortho intramolecular Hbond substituents is 2. The first-order chi connectivity index (χ1) is 8.08. The number of fused-ring (bicyclic) bond motifs is 3. The Labute approximate surface area is 94.8 Å². The number of nitrogens with one attached hydrogen (secondary N) is 1. The smallest absolute Gasteiger partial charge is 0.348 e. The fourth-order valence-corrected chi connectivity index (χ4v) is 1.98. The van der Waals surface area contributed by atoms with Gasteiger partial charge in [-0.15, -0.1) is 0 Å². The third-order valence-corrected chi connectivity index (χ3v) is 2.80. The van der Waals surface area contributed by atoms with Crippen LogP contribution in [0.5, 0.6) is 11.5 Å². The fraction of sp³-hybridized carbons (Fsp3) is 0.0909. The summed E-state index contributed by atoms with van der Waals surface area (Å²) in [5.41, 5.74) is 1.47. The van der Waals surface area contributed by atoms with Crippen molar-refractivity contribution in [2.24, 2.45) is 0 Å². The maximum atomic E-state index is 11.6. The highest BCUT2D eigenvalue weighted by Gasteiger charge is 2.11. The minimum atomic E-state index is -0.380. The average molecular weight is 231 g/mol. The number of aromatic amines is 1. The van der Waals surface area contributed by atoms with Crippen LogP contribution < -0.4 is 5.69 Å². The zero-order valence-corrected chi connectivity index (χ0v) is 8.93. The van der Waals surface area contributed by atoms with Gasteiger partial charge in [-0.05, 0) is 24.6 Å². The number of H-pyrrole nitrogens is 1. The number of phenols is 2. The third-order valence-electron chi connectivity index (χ3n) is 2.80. The van der Waals surface area contributed by atoms with Crippen molar-refractivity contribution < 1.29 is 10.2 Å². The maximum absolute atomic E-state index is 11.6. The van der Waals surface area contributed by atoms with Crippen LogP contribution in [-0.2, 0) is 0 Å². The second-order valence-corrected chi connectivity index (χ2v) is 3.91. The zero-order valence-electron chi connectivity index (χ0n) is 8.93. The Balaban J connectivity index is 2.68. The highest BCUT2D eigenvalue weighted by atomic mass is 16.3. The molecule has 0 unspecified atom stereocenters. The first-order valence-corrected chi connectivity index (χ1v) is 5.00. The monoisotopic (exact) mass is 231 g/mol.